The lowest BCUT2D eigenvalue weighted by molar-refractivity contribution is -0.123. The highest BCUT2D eigenvalue weighted by molar-refractivity contribution is 5.83. The van der Waals surface area contributed by atoms with Crippen LogP contribution < -0.4 is 10.2 Å². The third-order valence-electron chi connectivity index (χ3n) is 2.69. The van der Waals surface area contributed by atoms with Crippen molar-refractivity contribution in [1.29, 1.82) is 0 Å². The lowest BCUT2D eigenvalue weighted by Crippen LogP contribution is -2.24. The van der Waals surface area contributed by atoms with Crippen LogP contribution in [0, 0.1) is 6.92 Å². The van der Waals surface area contributed by atoms with E-state index in [4.69, 9.17) is 9.84 Å². The zero-order valence-corrected chi connectivity index (χ0v) is 11.6. The maximum Gasteiger partial charge on any atom is 0.277 e. The lowest BCUT2D eigenvalue weighted by atomic mass is 10.2. The van der Waals surface area contributed by atoms with Gasteiger partial charge in [-0.15, -0.1) is 0 Å². The number of hydrazone groups is 1. The molecular formula is C16H16N2O3. The van der Waals surface area contributed by atoms with Crippen LogP contribution in [0.25, 0.3) is 0 Å². The molecule has 0 saturated heterocycles. The Labute approximate surface area is 122 Å². The highest BCUT2D eigenvalue weighted by Crippen LogP contribution is 2.11. The Hall–Kier alpha value is -2.82. The Morgan fingerprint density at radius 2 is 1.86 bits per heavy atom. The van der Waals surface area contributed by atoms with Crippen molar-refractivity contribution in [2.45, 2.75) is 6.92 Å². The van der Waals surface area contributed by atoms with Crippen molar-refractivity contribution >= 4 is 12.1 Å². The molecule has 0 aliphatic heterocycles. The average Bonchev–Trinajstić information content (AvgIpc) is 2.49. The van der Waals surface area contributed by atoms with E-state index in [9.17, 15) is 4.79 Å². The number of aryl methyl sites for hydroxylation is 1. The molecule has 0 bridgehead atoms. The molecule has 0 heterocycles. The van der Waals surface area contributed by atoms with Crippen LogP contribution in [-0.4, -0.2) is 23.8 Å². The Balaban J connectivity index is 1.77. The number of hydrogen-bond donors (Lipinski definition) is 2. The Morgan fingerprint density at radius 3 is 2.52 bits per heavy atom. The first-order valence-electron chi connectivity index (χ1n) is 6.44. The van der Waals surface area contributed by atoms with Crippen LogP contribution in [0.1, 0.15) is 11.1 Å². The van der Waals surface area contributed by atoms with Gasteiger partial charge < -0.3 is 9.84 Å². The maximum absolute atomic E-state index is 11.5. The van der Waals surface area contributed by atoms with Crippen LogP contribution in [0.4, 0.5) is 0 Å². The molecule has 2 N–H and O–H groups in total. The summed E-state index contributed by atoms with van der Waals surface area (Å²) in [5.41, 5.74) is 4.27. The molecule has 0 saturated carbocycles. The van der Waals surface area contributed by atoms with E-state index in [0.717, 1.165) is 11.1 Å². The predicted octanol–water partition coefficient (Wildman–Crippen LogP) is 2.23. The fourth-order valence-corrected chi connectivity index (χ4v) is 1.55. The van der Waals surface area contributed by atoms with Gasteiger partial charge in [0, 0.05) is 0 Å². The molecule has 2 aromatic rings. The van der Waals surface area contributed by atoms with Crippen LogP contribution in [0.2, 0.25) is 0 Å². The molecule has 5 heteroatoms. The molecule has 0 fully saturated rings. The molecule has 0 spiro atoms. The Kier molecular flexibility index (Phi) is 4.93. The monoisotopic (exact) mass is 284 g/mol. The zero-order valence-electron chi connectivity index (χ0n) is 11.6. The minimum atomic E-state index is -0.342. The maximum atomic E-state index is 11.5. The Bertz CT molecular complexity index is 619. The van der Waals surface area contributed by atoms with Gasteiger partial charge >= 0.3 is 0 Å². The molecule has 0 unspecified atom stereocenters. The van der Waals surface area contributed by atoms with E-state index < -0.39 is 0 Å². The largest absolute Gasteiger partial charge is 0.508 e. The number of hydrogen-bond acceptors (Lipinski definition) is 4. The lowest BCUT2D eigenvalue weighted by Gasteiger charge is -2.04. The van der Waals surface area contributed by atoms with Crippen molar-refractivity contribution in [3.05, 3.63) is 59.7 Å². The van der Waals surface area contributed by atoms with Gasteiger partial charge in [0.05, 0.1) is 6.21 Å². The highest BCUT2D eigenvalue weighted by atomic mass is 16.5. The van der Waals surface area contributed by atoms with Crippen LogP contribution >= 0.6 is 0 Å². The minimum Gasteiger partial charge on any atom is -0.508 e. The topological polar surface area (TPSA) is 70.9 Å². The molecule has 0 aromatic heterocycles. The molecule has 5 nitrogen and oxygen atoms in total. The summed E-state index contributed by atoms with van der Waals surface area (Å²) in [6.45, 7) is 1.88. The fraction of sp³-hybridized carbons (Fsp3) is 0.125. The summed E-state index contributed by atoms with van der Waals surface area (Å²) in [7, 11) is 0. The number of carbonyl (C=O) groups is 1. The van der Waals surface area contributed by atoms with Gasteiger partial charge in [-0.1, -0.05) is 17.7 Å². The van der Waals surface area contributed by atoms with E-state index in [0.29, 0.717) is 5.75 Å². The predicted molar refractivity (Wildman–Crippen MR) is 80.5 cm³/mol. The van der Waals surface area contributed by atoms with Gasteiger partial charge in [-0.05, 0) is 48.9 Å². The molecule has 21 heavy (non-hydrogen) atoms. The number of rotatable bonds is 5. The Morgan fingerprint density at radius 1 is 1.19 bits per heavy atom. The molecule has 108 valence electrons. The summed E-state index contributed by atoms with van der Waals surface area (Å²) >= 11 is 0. The first-order chi connectivity index (χ1) is 10.1. The summed E-state index contributed by atoms with van der Waals surface area (Å²) in [6, 6.07) is 13.9. The van der Waals surface area contributed by atoms with Gasteiger partial charge in [-0.3, -0.25) is 4.79 Å². The third kappa shape index (κ3) is 4.99. The molecular weight excluding hydrogens is 268 g/mol. The number of phenolic OH excluding ortho intramolecular Hbond substituents is 1. The van der Waals surface area contributed by atoms with Crippen molar-refractivity contribution in [3.8, 4) is 11.5 Å². The normalized spacial score (nSPS) is 10.5. The third-order valence-corrected chi connectivity index (χ3v) is 2.69. The quantitative estimate of drug-likeness (QED) is 0.653. The summed E-state index contributed by atoms with van der Waals surface area (Å²) in [6.07, 6.45) is 1.49. The van der Waals surface area contributed by atoms with Crippen LogP contribution in [0.15, 0.2) is 53.6 Å². The SMILES string of the molecule is Cc1ccc(OCC(=O)NN=Cc2ccc(O)cc2)cc1. The smallest absolute Gasteiger partial charge is 0.277 e. The number of aromatic hydroxyl groups is 1. The summed E-state index contributed by atoms with van der Waals surface area (Å²) in [5.74, 6) is 0.478. The van der Waals surface area contributed by atoms with E-state index in [-0.39, 0.29) is 18.3 Å². The first kappa shape index (κ1) is 14.6. The van der Waals surface area contributed by atoms with Gasteiger partial charge in [-0.25, -0.2) is 5.43 Å². The molecule has 0 atom stereocenters. The summed E-state index contributed by atoms with van der Waals surface area (Å²) < 4.78 is 5.32. The van der Waals surface area contributed by atoms with E-state index >= 15 is 0 Å². The fourth-order valence-electron chi connectivity index (χ4n) is 1.55. The number of amides is 1. The van der Waals surface area contributed by atoms with E-state index in [1.807, 2.05) is 31.2 Å². The standard InChI is InChI=1S/C16H16N2O3/c1-12-2-8-15(9-3-12)21-11-16(20)18-17-10-13-4-6-14(19)7-5-13/h2-10,19H,11H2,1H3,(H,18,20). The van der Waals surface area contributed by atoms with Gasteiger partial charge in [0.2, 0.25) is 0 Å². The van der Waals surface area contributed by atoms with Crippen molar-refractivity contribution < 1.29 is 14.6 Å². The molecule has 0 aliphatic rings. The number of carbonyl (C=O) groups excluding carboxylic acids is 1. The van der Waals surface area contributed by atoms with Crippen molar-refractivity contribution in [3.63, 3.8) is 0 Å². The van der Waals surface area contributed by atoms with Gasteiger partial charge in [0.25, 0.3) is 5.91 Å². The van der Waals surface area contributed by atoms with Crippen LogP contribution in [0.3, 0.4) is 0 Å². The molecule has 1 amide bonds. The highest BCUT2D eigenvalue weighted by Gasteiger charge is 2.00. The average molecular weight is 284 g/mol. The van der Waals surface area contributed by atoms with E-state index in [2.05, 4.69) is 10.5 Å². The summed E-state index contributed by atoms with van der Waals surface area (Å²) in [4.78, 5) is 11.5. The van der Waals surface area contributed by atoms with Gasteiger partial charge in [0.1, 0.15) is 11.5 Å². The second-order valence-electron chi connectivity index (χ2n) is 4.49. The number of nitrogens with one attached hydrogen (secondary N) is 1. The zero-order chi connectivity index (χ0) is 15.1. The van der Waals surface area contributed by atoms with Gasteiger partial charge in [0.15, 0.2) is 6.61 Å². The second kappa shape index (κ2) is 7.09. The first-order valence-corrected chi connectivity index (χ1v) is 6.44. The number of benzene rings is 2. The van der Waals surface area contributed by atoms with Gasteiger partial charge in [-0.2, -0.15) is 5.10 Å². The number of ether oxygens (including phenoxy) is 1. The van der Waals surface area contributed by atoms with Crippen molar-refractivity contribution in [2.75, 3.05) is 6.61 Å². The molecule has 0 radical (unpaired) electrons. The van der Waals surface area contributed by atoms with Crippen molar-refractivity contribution in [1.82, 2.24) is 5.43 Å². The molecule has 2 aromatic carbocycles. The van der Waals surface area contributed by atoms with Crippen molar-refractivity contribution in [2.24, 2.45) is 5.10 Å². The second-order valence-corrected chi connectivity index (χ2v) is 4.49. The summed E-state index contributed by atoms with van der Waals surface area (Å²) in [5, 5.41) is 12.9. The number of nitrogens with zero attached hydrogens (tertiary/aromatic N) is 1. The van der Waals surface area contributed by atoms with Crippen LogP contribution in [0.5, 0.6) is 11.5 Å². The molecule has 2 rings (SSSR count). The van der Waals surface area contributed by atoms with E-state index in [1.165, 1.54) is 6.21 Å². The van der Waals surface area contributed by atoms with Crippen LogP contribution in [-0.2, 0) is 4.79 Å². The minimum absolute atomic E-state index is 0.101. The molecule has 0 aliphatic carbocycles. The number of phenols is 1. The van der Waals surface area contributed by atoms with E-state index in [1.54, 1.807) is 24.3 Å².